The Balaban J connectivity index is 2.06. The third kappa shape index (κ3) is 4.32. The van der Waals surface area contributed by atoms with Crippen LogP contribution in [0.25, 0.3) is 22.3 Å². The van der Waals surface area contributed by atoms with Crippen molar-refractivity contribution >= 4 is 11.4 Å². The highest BCUT2D eigenvalue weighted by molar-refractivity contribution is 5.79. The number of anilines is 2. The third-order valence-electron chi connectivity index (χ3n) is 5.60. The molecule has 0 fully saturated rings. The lowest BCUT2D eigenvalue weighted by Crippen LogP contribution is -2.13. The standard InChI is InChI=1S/C27H34N2/c1-17-8-9-18(19-10-12-22(24(28)15-19)26(2,3)4)14-21(17)20-11-13-23(25(29)16-20)27(5,6)7/h8-16H,28-29H2,1-7H3. The van der Waals surface area contributed by atoms with Crippen LogP contribution in [0.4, 0.5) is 11.4 Å². The molecule has 0 amide bonds. The van der Waals surface area contributed by atoms with E-state index in [-0.39, 0.29) is 10.8 Å². The van der Waals surface area contributed by atoms with Gasteiger partial charge in [-0.2, -0.15) is 0 Å². The van der Waals surface area contributed by atoms with Crippen LogP contribution in [0.15, 0.2) is 54.6 Å². The summed E-state index contributed by atoms with van der Waals surface area (Å²) < 4.78 is 0. The van der Waals surface area contributed by atoms with E-state index in [9.17, 15) is 0 Å². The number of nitrogen functional groups attached to an aromatic ring is 2. The van der Waals surface area contributed by atoms with Crippen molar-refractivity contribution in [2.45, 2.75) is 59.3 Å². The quantitative estimate of drug-likeness (QED) is 0.462. The lowest BCUT2D eigenvalue weighted by Gasteiger charge is -2.22. The minimum absolute atomic E-state index is 0.0336. The van der Waals surface area contributed by atoms with Gasteiger partial charge < -0.3 is 11.5 Å². The molecule has 0 heterocycles. The molecule has 4 N–H and O–H groups in total. The molecule has 2 heteroatoms. The van der Waals surface area contributed by atoms with Gasteiger partial charge in [0.1, 0.15) is 0 Å². The summed E-state index contributed by atoms with van der Waals surface area (Å²) in [5.41, 5.74) is 22.8. The highest BCUT2D eigenvalue weighted by Crippen LogP contribution is 2.36. The average molecular weight is 387 g/mol. The van der Waals surface area contributed by atoms with Crippen LogP contribution < -0.4 is 11.5 Å². The summed E-state index contributed by atoms with van der Waals surface area (Å²) in [5.74, 6) is 0. The van der Waals surface area contributed by atoms with E-state index < -0.39 is 0 Å². The van der Waals surface area contributed by atoms with Gasteiger partial charge in [0.25, 0.3) is 0 Å². The van der Waals surface area contributed by atoms with E-state index in [1.165, 1.54) is 22.3 Å². The molecular weight excluding hydrogens is 352 g/mol. The molecule has 3 rings (SSSR count). The topological polar surface area (TPSA) is 52.0 Å². The summed E-state index contributed by atoms with van der Waals surface area (Å²) in [4.78, 5) is 0. The van der Waals surface area contributed by atoms with Crippen LogP contribution in [0.5, 0.6) is 0 Å². The van der Waals surface area contributed by atoms with E-state index >= 15 is 0 Å². The summed E-state index contributed by atoms with van der Waals surface area (Å²) in [6.07, 6.45) is 0. The van der Waals surface area contributed by atoms with Crippen LogP contribution in [-0.2, 0) is 10.8 Å². The highest BCUT2D eigenvalue weighted by Gasteiger charge is 2.19. The predicted octanol–water partition coefficient (Wildman–Crippen LogP) is 7.09. The van der Waals surface area contributed by atoms with E-state index in [2.05, 4.69) is 103 Å². The van der Waals surface area contributed by atoms with E-state index in [0.717, 1.165) is 28.1 Å². The second kappa shape index (κ2) is 7.26. The smallest absolute Gasteiger partial charge is 0.0358 e. The maximum absolute atomic E-state index is 6.40. The number of rotatable bonds is 2. The van der Waals surface area contributed by atoms with Gasteiger partial charge in [-0.15, -0.1) is 0 Å². The van der Waals surface area contributed by atoms with Gasteiger partial charge >= 0.3 is 0 Å². The zero-order valence-electron chi connectivity index (χ0n) is 18.9. The molecule has 0 saturated carbocycles. The van der Waals surface area contributed by atoms with Gasteiger partial charge in [0.15, 0.2) is 0 Å². The summed E-state index contributed by atoms with van der Waals surface area (Å²) >= 11 is 0. The first-order valence-corrected chi connectivity index (χ1v) is 10.3. The van der Waals surface area contributed by atoms with E-state index in [4.69, 9.17) is 11.5 Å². The van der Waals surface area contributed by atoms with Crippen LogP contribution in [0.1, 0.15) is 58.2 Å². The van der Waals surface area contributed by atoms with Crippen LogP contribution in [0.3, 0.4) is 0 Å². The number of nitrogens with two attached hydrogens (primary N) is 2. The lowest BCUT2D eigenvalue weighted by molar-refractivity contribution is 0.592. The first-order valence-electron chi connectivity index (χ1n) is 10.3. The molecular formula is C27H34N2. The Kier molecular flexibility index (Phi) is 5.25. The van der Waals surface area contributed by atoms with Gasteiger partial charge in [-0.05, 0) is 74.9 Å². The fraction of sp³-hybridized carbons (Fsp3) is 0.333. The van der Waals surface area contributed by atoms with Crippen LogP contribution in [-0.4, -0.2) is 0 Å². The predicted molar refractivity (Wildman–Crippen MR) is 128 cm³/mol. The molecule has 3 aromatic carbocycles. The second-order valence-electron chi connectivity index (χ2n) is 10.1. The minimum Gasteiger partial charge on any atom is -0.398 e. The first kappa shape index (κ1) is 21.0. The van der Waals surface area contributed by atoms with E-state index in [0.29, 0.717) is 0 Å². The number of hydrogen-bond donors (Lipinski definition) is 2. The van der Waals surface area contributed by atoms with Crippen molar-refractivity contribution in [3.8, 4) is 22.3 Å². The normalized spacial score (nSPS) is 12.2. The molecule has 0 spiro atoms. The molecule has 0 unspecified atom stereocenters. The Hall–Kier alpha value is -2.74. The van der Waals surface area contributed by atoms with Gasteiger partial charge in [0.2, 0.25) is 0 Å². The van der Waals surface area contributed by atoms with Crippen molar-refractivity contribution in [1.29, 1.82) is 0 Å². The largest absolute Gasteiger partial charge is 0.398 e. The monoisotopic (exact) mass is 386 g/mol. The maximum atomic E-state index is 6.40. The van der Waals surface area contributed by atoms with Crippen LogP contribution >= 0.6 is 0 Å². The van der Waals surface area contributed by atoms with Gasteiger partial charge in [0.05, 0.1) is 0 Å². The number of benzene rings is 3. The molecule has 152 valence electrons. The van der Waals surface area contributed by atoms with E-state index in [1.54, 1.807) is 0 Å². The zero-order chi connectivity index (χ0) is 21.6. The fourth-order valence-electron chi connectivity index (χ4n) is 3.95. The summed E-state index contributed by atoms with van der Waals surface area (Å²) in [6, 6.07) is 19.4. The van der Waals surface area contributed by atoms with Crippen molar-refractivity contribution in [2.24, 2.45) is 0 Å². The average Bonchev–Trinajstić information content (AvgIpc) is 2.59. The molecule has 0 saturated heterocycles. The van der Waals surface area contributed by atoms with Crippen molar-refractivity contribution in [3.05, 3.63) is 71.3 Å². The second-order valence-corrected chi connectivity index (χ2v) is 10.1. The Morgan fingerprint density at radius 1 is 0.552 bits per heavy atom. The molecule has 0 aliphatic carbocycles. The molecule has 0 bridgehead atoms. The molecule has 29 heavy (non-hydrogen) atoms. The molecule has 0 atom stereocenters. The van der Waals surface area contributed by atoms with Crippen molar-refractivity contribution in [3.63, 3.8) is 0 Å². The summed E-state index contributed by atoms with van der Waals surface area (Å²) in [5, 5.41) is 0. The van der Waals surface area contributed by atoms with Crippen molar-refractivity contribution in [1.82, 2.24) is 0 Å². The van der Waals surface area contributed by atoms with Crippen molar-refractivity contribution < 1.29 is 0 Å². The van der Waals surface area contributed by atoms with Crippen LogP contribution in [0, 0.1) is 6.92 Å². The molecule has 3 aromatic rings. The maximum Gasteiger partial charge on any atom is 0.0358 e. The van der Waals surface area contributed by atoms with Crippen LogP contribution in [0.2, 0.25) is 0 Å². The molecule has 0 aromatic heterocycles. The summed E-state index contributed by atoms with van der Waals surface area (Å²) in [7, 11) is 0. The lowest BCUT2D eigenvalue weighted by atomic mass is 9.84. The Labute approximate surface area is 176 Å². The Bertz CT molecular complexity index is 1050. The SMILES string of the molecule is Cc1ccc(-c2ccc(C(C)(C)C)c(N)c2)cc1-c1ccc(C(C)(C)C)c(N)c1. The minimum atomic E-state index is 0.0336. The Morgan fingerprint density at radius 3 is 1.45 bits per heavy atom. The van der Waals surface area contributed by atoms with Gasteiger partial charge in [-0.1, -0.05) is 77.9 Å². The van der Waals surface area contributed by atoms with Gasteiger partial charge in [-0.3, -0.25) is 0 Å². The van der Waals surface area contributed by atoms with Crippen molar-refractivity contribution in [2.75, 3.05) is 11.5 Å². The molecule has 0 aliphatic heterocycles. The third-order valence-corrected chi connectivity index (χ3v) is 5.60. The van der Waals surface area contributed by atoms with E-state index in [1.807, 2.05) is 0 Å². The summed E-state index contributed by atoms with van der Waals surface area (Å²) in [6.45, 7) is 15.3. The molecule has 0 radical (unpaired) electrons. The highest BCUT2D eigenvalue weighted by atomic mass is 14.6. The first-order chi connectivity index (χ1) is 13.4. The Morgan fingerprint density at radius 2 is 0.966 bits per heavy atom. The van der Waals surface area contributed by atoms with Gasteiger partial charge in [0, 0.05) is 11.4 Å². The van der Waals surface area contributed by atoms with Gasteiger partial charge in [-0.25, -0.2) is 0 Å². The number of aryl methyl sites for hydroxylation is 1. The molecule has 2 nitrogen and oxygen atoms in total. The number of hydrogen-bond acceptors (Lipinski definition) is 2. The zero-order valence-corrected chi connectivity index (χ0v) is 18.9. The molecule has 0 aliphatic rings. The fourth-order valence-corrected chi connectivity index (χ4v) is 3.95.